The van der Waals surface area contributed by atoms with Crippen molar-refractivity contribution in [2.45, 2.75) is 341 Å². The molecule has 0 aromatic rings. The Morgan fingerprint density at radius 3 is 0.935 bits per heavy atom. The van der Waals surface area contributed by atoms with E-state index in [0.29, 0.717) is 18.7 Å². The molecule has 2 N–H and O–H groups in total. The minimum atomic E-state index is -0.400. The maximum atomic E-state index is 12.3. The van der Waals surface area contributed by atoms with E-state index in [1.807, 2.05) is 0 Å². The number of aliphatic hydroxyl groups is 1. The number of rotatable bonds is 54. The molecule has 0 radical (unpaired) electrons. The zero-order chi connectivity index (χ0) is 44.9. The molecule has 368 valence electrons. The third kappa shape index (κ3) is 53.2. The highest BCUT2D eigenvalue weighted by molar-refractivity contribution is 5.78. The first-order chi connectivity index (χ1) is 30.6. The van der Waals surface area contributed by atoms with Gasteiger partial charge in [0.15, 0.2) is 0 Å². The maximum Gasteiger partial charge on any atom is 0.220 e. The molecule has 0 saturated heterocycles. The lowest BCUT2D eigenvalue weighted by atomic mass is 10.0. The van der Waals surface area contributed by atoms with E-state index in [9.17, 15) is 14.7 Å². The van der Waals surface area contributed by atoms with Crippen LogP contribution in [0.2, 0.25) is 0 Å². The SMILES string of the molecule is CCCCCCCC/C=C\CCCCCCCCCCCC(=O)CCCCCCCCCCCCCCCC(=O)NC[C@@H](O)CCCCCCCCCCCCCCCCCC. The predicted molar refractivity (Wildman–Crippen MR) is 275 cm³/mol. The summed E-state index contributed by atoms with van der Waals surface area (Å²) in [5.74, 6) is 0.604. The molecule has 0 aliphatic heterocycles. The van der Waals surface area contributed by atoms with Crippen molar-refractivity contribution in [3.8, 4) is 0 Å². The third-order valence-corrected chi connectivity index (χ3v) is 13.5. The van der Waals surface area contributed by atoms with Crippen LogP contribution in [0.5, 0.6) is 0 Å². The topological polar surface area (TPSA) is 66.4 Å². The van der Waals surface area contributed by atoms with Crippen molar-refractivity contribution in [1.29, 1.82) is 0 Å². The minimum absolute atomic E-state index is 0.104. The smallest absolute Gasteiger partial charge is 0.220 e. The first-order valence-electron chi connectivity index (χ1n) is 28.7. The van der Waals surface area contributed by atoms with E-state index in [1.165, 1.54) is 263 Å². The summed E-state index contributed by atoms with van der Waals surface area (Å²) < 4.78 is 0. The van der Waals surface area contributed by atoms with Gasteiger partial charge in [-0.1, -0.05) is 276 Å². The zero-order valence-electron chi connectivity index (χ0n) is 42.6. The van der Waals surface area contributed by atoms with E-state index >= 15 is 0 Å². The number of hydrogen-bond acceptors (Lipinski definition) is 3. The number of ketones is 1. The number of unbranched alkanes of at least 4 members (excludes halogenated alkanes) is 42. The van der Waals surface area contributed by atoms with Gasteiger partial charge in [0.05, 0.1) is 6.10 Å². The molecular weight excluding hydrogens is 759 g/mol. The predicted octanol–water partition coefficient (Wildman–Crippen LogP) is 19.1. The number of allylic oxidation sites excluding steroid dienone is 2. The molecule has 1 atom stereocenters. The van der Waals surface area contributed by atoms with E-state index in [4.69, 9.17) is 0 Å². The fourth-order valence-corrected chi connectivity index (χ4v) is 9.13. The number of carbonyl (C=O) groups excluding carboxylic acids is 2. The standard InChI is InChI=1S/C58H113NO3/c1-3-5-7-9-11-13-15-17-19-21-22-23-25-27-31-35-39-43-47-51-56(60)52-48-44-40-36-32-29-26-30-34-38-42-46-50-54-58(62)59-55-57(61)53-49-45-41-37-33-28-24-20-18-16-14-12-10-8-6-4-2/h17,19,57,61H,3-16,18,20-55H2,1-2H3,(H,59,62)/b19-17-/t57-/m0/s1. The van der Waals surface area contributed by atoms with Crippen LogP contribution in [-0.4, -0.2) is 29.4 Å². The van der Waals surface area contributed by atoms with Crippen molar-refractivity contribution in [2.75, 3.05) is 6.54 Å². The van der Waals surface area contributed by atoms with Crippen LogP contribution in [0.3, 0.4) is 0 Å². The zero-order valence-corrected chi connectivity index (χ0v) is 42.6. The van der Waals surface area contributed by atoms with Crippen LogP contribution in [0, 0.1) is 0 Å². The molecule has 0 bridgehead atoms. The molecule has 0 unspecified atom stereocenters. The fraction of sp³-hybridized carbons (Fsp3) is 0.931. The Hall–Kier alpha value is -1.16. The summed E-state index contributed by atoms with van der Waals surface area (Å²) in [5.41, 5.74) is 0. The molecule has 0 aromatic carbocycles. The normalized spacial score (nSPS) is 12.2. The summed E-state index contributed by atoms with van der Waals surface area (Å²) in [7, 11) is 0. The van der Waals surface area contributed by atoms with Gasteiger partial charge in [0.1, 0.15) is 5.78 Å². The number of hydrogen-bond donors (Lipinski definition) is 2. The van der Waals surface area contributed by atoms with Crippen molar-refractivity contribution < 1.29 is 14.7 Å². The van der Waals surface area contributed by atoms with Gasteiger partial charge in [-0.2, -0.15) is 0 Å². The lowest BCUT2D eigenvalue weighted by Crippen LogP contribution is -2.31. The molecule has 0 heterocycles. The molecule has 0 spiro atoms. The first kappa shape index (κ1) is 60.8. The average molecular weight is 873 g/mol. The molecule has 4 heteroatoms. The van der Waals surface area contributed by atoms with E-state index in [-0.39, 0.29) is 5.91 Å². The Kier molecular flexibility index (Phi) is 53.2. The van der Waals surface area contributed by atoms with Crippen molar-refractivity contribution in [2.24, 2.45) is 0 Å². The molecule has 0 aromatic heterocycles. The summed E-state index contributed by atoms with van der Waals surface area (Å²) in [4.78, 5) is 24.5. The maximum absolute atomic E-state index is 12.3. The number of aliphatic hydroxyl groups excluding tert-OH is 1. The summed E-state index contributed by atoms with van der Waals surface area (Å²) >= 11 is 0. The Morgan fingerprint density at radius 2 is 0.613 bits per heavy atom. The van der Waals surface area contributed by atoms with Gasteiger partial charge in [0.25, 0.3) is 0 Å². The number of amides is 1. The molecule has 0 fully saturated rings. The van der Waals surface area contributed by atoms with Gasteiger partial charge < -0.3 is 10.4 Å². The molecule has 62 heavy (non-hydrogen) atoms. The van der Waals surface area contributed by atoms with Gasteiger partial charge in [-0.3, -0.25) is 9.59 Å². The third-order valence-electron chi connectivity index (χ3n) is 13.5. The van der Waals surface area contributed by atoms with Gasteiger partial charge in [-0.15, -0.1) is 0 Å². The van der Waals surface area contributed by atoms with Crippen molar-refractivity contribution >= 4 is 11.7 Å². The summed E-state index contributed by atoms with van der Waals surface area (Å²) in [5, 5.41) is 13.3. The van der Waals surface area contributed by atoms with Crippen LogP contribution in [0.1, 0.15) is 335 Å². The molecule has 0 saturated carbocycles. The molecule has 0 aliphatic carbocycles. The number of carbonyl (C=O) groups is 2. The minimum Gasteiger partial charge on any atom is -0.391 e. The van der Waals surface area contributed by atoms with Crippen LogP contribution < -0.4 is 5.32 Å². The Morgan fingerprint density at radius 1 is 0.355 bits per heavy atom. The van der Waals surface area contributed by atoms with Crippen molar-refractivity contribution in [3.05, 3.63) is 12.2 Å². The van der Waals surface area contributed by atoms with Crippen molar-refractivity contribution in [3.63, 3.8) is 0 Å². The largest absolute Gasteiger partial charge is 0.391 e. The Labute approximate surface area is 390 Å². The monoisotopic (exact) mass is 872 g/mol. The second-order valence-electron chi connectivity index (χ2n) is 19.9. The molecule has 0 rings (SSSR count). The number of nitrogens with one attached hydrogen (secondary N) is 1. The van der Waals surface area contributed by atoms with Crippen LogP contribution in [0.15, 0.2) is 12.2 Å². The van der Waals surface area contributed by atoms with Gasteiger partial charge in [0.2, 0.25) is 5.91 Å². The second kappa shape index (κ2) is 54.2. The van der Waals surface area contributed by atoms with E-state index < -0.39 is 6.10 Å². The molecule has 0 aliphatic rings. The van der Waals surface area contributed by atoms with E-state index in [2.05, 4.69) is 31.3 Å². The van der Waals surface area contributed by atoms with Gasteiger partial charge in [-0.25, -0.2) is 0 Å². The van der Waals surface area contributed by atoms with E-state index in [1.54, 1.807) is 0 Å². The summed E-state index contributed by atoms with van der Waals surface area (Å²) in [6.07, 6.45) is 68.3. The highest BCUT2D eigenvalue weighted by atomic mass is 16.3. The summed E-state index contributed by atoms with van der Waals surface area (Å²) in [6, 6.07) is 0. The Bertz CT molecular complexity index is 901. The first-order valence-corrected chi connectivity index (χ1v) is 28.7. The van der Waals surface area contributed by atoms with Crippen LogP contribution in [-0.2, 0) is 9.59 Å². The van der Waals surface area contributed by atoms with Gasteiger partial charge >= 0.3 is 0 Å². The van der Waals surface area contributed by atoms with Crippen LogP contribution >= 0.6 is 0 Å². The quantitative estimate of drug-likeness (QED) is 0.0473. The lowest BCUT2D eigenvalue weighted by molar-refractivity contribution is -0.121. The Balaban J connectivity index is 3.29. The summed E-state index contributed by atoms with van der Waals surface area (Å²) in [6.45, 7) is 4.99. The molecule has 1 amide bonds. The highest BCUT2D eigenvalue weighted by Gasteiger charge is 2.08. The van der Waals surface area contributed by atoms with Gasteiger partial charge in [0, 0.05) is 25.8 Å². The highest BCUT2D eigenvalue weighted by Crippen LogP contribution is 2.17. The average Bonchev–Trinajstić information content (AvgIpc) is 3.27. The second-order valence-corrected chi connectivity index (χ2v) is 19.9. The number of Topliss-reactive ketones (excluding diaryl/α,β-unsaturated/α-hetero) is 1. The fourth-order valence-electron chi connectivity index (χ4n) is 9.13. The van der Waals surface area contributed by atoms with Crippen LogP contribution in [0.4, 0.5) is 0 Å². The van der Waals surface area contributed by atoms with Gasteiger partial charge in [-0.05, 0) is 51.4 Å². The van der Waals surface area contributed by atoms with E-state index in [0.717, 1.165) is 51.4 Å². The van der Waals surface area contributed by atoms with Crippen molar-refractivity contribution in [1.82, 2.24) is 5.32 Å². The van der Waals surface area contributed by atoms with Crippen LogP contribution in [0.25, 0.3) is 0 Å². The lowest BCUT2D eigenvalue weighted by Gasteiger charge is -2.12. The molecular formula is C58H113NO3. The molecule has 4 nitrogen and oxygen atoms in total.